The van der Waals surface area contributed by atoms with Crippen LogP contribution in [-0.2, 0) is 9.59 Å². The zero-order chi connectivity index (χ0) is 9.68. The third-order valence-corrected chi connectivity index (χ3v) is 2.39. The summed E-state index contributed by atoms with van der Waals surface area (Å²) in [6.45, 7) is 2.91. The van der Waals surface area contributed by atoms with E-state index in [0.717, 1.165) is 32.2 Å². The molecule has 1 aliphatic rings. The Hall–Kier alpha value is -1.06. The van der Waals surface area contributed by atoms with Gasteiger partial charge in [-0.1, -0.05) is 0 Å². The third-order valence-electron chi connectivity index (χ3n) is 2.39. The van der Waals surface area contributed by atoms with Crippen LogP contribution in [0, 0.1) is 0 Å². The second-order valence-corrected chi connectivity index (χ2v) is 3.43. The lowest BCUT2D eigenvalue weighted by molar-refractivity contribution is -0.123. The average Bonchev–Trinajstić information content (AvgIpc) is 2.15. The molecule has 0 spiro atoms. The van der Waals surface area contributed by atoms with Crippen molar-refractivity contribution in [3.8, 4) is 0 Å². The highest BCUT2D eigenvalue weighted by atomic mass is 16.1. The van der Waals surface area contributed by atoms with Crippen LogP contribution < -0.4 is 5.32 Å². The van der Waals surface area contributed by atoms with E-state index in [9.17, 15) is 9.59 Å². The molecule has 1 saturated heterocycles. The molecule has 1 rings (SSSR count). The molecule has 0 bridgehead atoms. The van der Waals surface area contributed by atoms with Crippen LogP contribution in [0.2, 0.25) is 0 Å². The maximum atomic E-state index is 10.7. The molecule has 0 saturated carbocycles. The molecule has 1 unspecified atom stereocenters. The number of amides is 2. The summed E-state index contributed by atoms with van der Waals surface area (Å²) in [6, 6.07) is 0.204. The molecular formula is C9H16N2O2. The predicted octanol–water partition coefficient (Wildman–Crippen LogP) is 0.133. The van der Waals surface area contributed by atoms with Crippen LogP contribution in [-0.4, -0.2) is 36.3 Å². The molecule has 0 radical (unpaired) electrons. The number of rotatable bonds is 3. The Balaban J connectivity index is 2.35. The topological polar surface area (TPSA) is 49.4 Å². The first-order valence-corrected chi connectivity index (χ1v) is 4.69. The fraction of sp³-hybridized carbons (Fsp3) is 0.778. The minimum atomic E-state index is -0.0311. The second kappa shape index (κ2) is 4.84. The first-order chi connectivity index (χ1) is 6.24. The van der Waals surface area contributed by atoms with Gasteiger partial charge in [-0.3, -0.25) is 9.59 Å². The van der Waals surface area contributed by atoms with Gasteiger partial charge in [-0.2, -0.15) is 0 Å². The van der Waals surface area contributed by atoms with Crippen molar-refractivity contribution < 1.29 is 9.59 Å². The summed E-state index contributed by atoms with van der Waals surface area (Å²) in [5.74, 6) is -0.0311. The van der Waals surface area contributed by atoms with E-state index in [1.54, 1.807) is 4.90 Å². The monoisotopic (exact) mass is 184 g/mol. The van der Waals surface area contributed by atoms with E-state index in [1.165, 1.54) is 6.92 Å². The number of hydrogen-bond acceptors (Lipinski definition) is 2. The van der Waals surface area contributed by atoms with Crippen molar-refractivity contribution in [2.75, 3.05) is 13.1 Å². The Morgan fingerprint density at radius 3 is 3.00 bits per heavy atom. The number of nitrogens with one attached hydrogen (secondary N) is 1. The second-order valence-electron chi connectivity index (χ2n) is 3.43. The van der Waals surface area contributed by atoms with E-state index >= 15 is 0 Å². The fourth-order valence-corrected chi connectivity index (χ4v) is 1.64. The summed E-state index contributed by atoms with van der Waals surface area (Å²) >= 11 is 0. The summed E-state index contributed by atoms with van der Waals surface area (Å²) in [7, 11) is 0. The maximum absolute atomic E-state index is 10.7. The van der Waals surface area contributed by atoms with Gasteiger partial charge >= 0.3 is 0 Å². The maximum Gasteiger partial charge on any atom is 0.216 e. The lowest BCUT2D eigenvalue weighted by Crippen LogP contribution is -2.45. The molecule has 74 valence electrons. The summed E-state index contributed by atoms with van der Waals surface area (Å²) in [5, 5.41) is 2.74. The molecule has 1 heterocycles. The molecule has 1 N–H and O–H groups in total. The first-order valence-electron chi connectivity index (χ1n) is 4.69. The van der Waals surface area contributed by atoms with Gasteiger partial charge < -0.3 is 10.2 Å². The van der Waals surface area contributed by atoms with E-state index in [1.807, 2.05) is 0 Å². The number of piperidine rings is 1. The van der Waals surface area contributed by atoms with E-state index in [0.29, 0.717) is 6.54 Å². The highest BCUT2D eigenvalue weighted by Gasteiger charge is 2.20. The van der Waals surface area contributed by atoms with Crippen molar-refractivity contribution in [3.63, 3.8) is 0 Å². The highest BCUT2D eigenvalue weighted by molar-refractivity contribution is 5.72. The molecule has 2 amide bonds. The molecule has 4 heteroatoms. The molecule has 13 heavy (non-hydrogen) atoms. The smallest absolute Gasteiger partial charge is 0.216 e. The highest BCUT2D eigenvalue weighted by Crippen LogP contribution is 2.14. The largest absolute Gasteiger partial charge is 0.354 e. The van der Waals surface area contributed by atoms with Gasteiger partial charge in [-0.05, 0) is 19.3 Å². The van der Waals surface area contributed by atoms with Gasteiger partial charge in [0.2, 0.25) is 12.3 Å². The number of carbonyl (C=O) groups is 2. The number of likely N-dealkylation sites (tertiary alicyclic amines) is 1. The fourth-order valence-electron chi connectivity index (χ4n) is 1.64. The molecule has 0 aromatic carbocycles. The van der Waals surface area contributed by atoms with Gasteiger partial charge in [0.15, 0.2) is 0 Å². The van der Waals surface area contributed by atoms with Crippen molar-refractivity contribution in [2.24, 2.45) is 0 Å². The normalized spacial score (nSPS) is 22.5. The summed E-state index contributed by atoms with van der Waals surface area (Å²) in [6.07, 6.45) is 4.11. The molecule has 1 aliphatic heterocycles. The van der Waals surface area contributed by atoms with Crippen LogP contribution in [0.3, 0.4) is 0 Å². The van der Waals surface area contributed by atoms with Gasteiger partial charge in [-0.25, -0.2) is 0 Å². The molecule has 0 aliphatic carbocycles. The van der Waals surface area contributed by atoms with Crippen molar-refractivity contribution in [3.05, 3.63) is 0 Å². The SMILES string of the molecule is CC(=O)NCC1CCCCN1C=O. The van der Waals surface area contributed by atoms with Gasteiger partial charge in [0.25, 0.3) is 0 Å². The first kappa shape index (κ1) is 10.0. The zero-order valence-corrected chi connectivity index (χ0v) is 7.95. The lowest BCUT2D eigenvalue weighted by atomic mass is 10.0. The molecule has 0 aromatic rings. The summed E-state index contributed by atoms with van der Waals surface area (Å²) < 4.78 is 0. The van der Waals surface area contributed by atoms with Crippen LogP contribution in [0.5, 0.6) is 0 Å². The number of carbonyl (C=O) groups excluding carboxylic acids is 2. The van der Waals surface area contributed by atoms with E-state index in [2.05, 4.69) is 5.32 Å². The third kappa shape index (κ3) is 3.05. The van der Waals surface area contributed by atoms with Crippen LogP contribution in [0.4, 0.5) is 0 Å². The van der Waals surface area contributed by atoms with Crippen molar-refractivity contribution in [1.29, 1.82) is 0 Å². The van der Waals surface area contributed by atoms with Crippen LogP contribution >= 0.6 is 0 Å². The van der Waals surface area contributed by atoms with E-state index in [4.69, 9.17) is 0 Å². The van der Waals surface area contributed by atoms with Crippen molar-refractivity contribution >= 4 is 12.3 Å². The standard InChI is InChI=1S/C9H16N2O2/c1-8(13)10-6-9-4-2-3-5-11(9)7-12/h7,9H,2-6H2,1H3,(H,10,13). The minimum absolute atomic E-state index is 0.0311. The van der Waals surface area contributed by atoms with Crippen molar-refractivity contribution in [2.45, 2.75) is 32.2 Å². The Bertz CT molecular complexity index is 194. The van der Waals surface area contributed by atoms with Gasteiger partial charge in [0, 0.05) is 26.1 Å². The Morgan fingerprint density at radius 1 is 1.62 bits per heavy atom. The van der Waals surface area contributed by atoms with Gasteiger partial charge in [0.05, 0.1) is 0 Å². The summed E-state index contributed by atoms with van der Waals surface area (Å²) in [4.78, 5) is 23.1. The van der Waals surface area contributed by atoms with Crippen LogP contribution in [0.25, 0.3) is 0 Å². The minimum Gasteiger partial charge on any atom is -0.354 e. The van der Waals surface area contributed by atoms with E-state index < -0.39 is 0 Å². The zero-order valence-electron chi connectivity index (χ0n) is 7.95. The Labute approximate surface area is 78.3 Å². The average molecular weight is 184 g/mol. The number of hydrogen-bond donors (Lipinski definition) is 1. The molecule has 4 nitrogen and oxygen atoms in total. The quantitative estimate of drug-likeness (QED) is 0.634. The lowest BCUT2D eigenvalue weighted by Gasteiger charge is -2.32. The Kier molecular flexibility index (Phi) is 3.73. The summed E-state index contributed by atoms with van der Waals surface area (Å²) in [5.41, 5.74) is 0. The predicted molar refractivity (Wildman–Crippen MR) is 49.1 cm³/mol. The van der Waals surface area contributed by atoms with Crippen LogP contribution in [0.1, 0.15) is 26.2 Å². The van der Waals surface area contributed by atoms with Crippen LogP contribution in [0.15, 0.2) is 0 Å². The molecule has 1 fully saturated rings. The molecule has 1 atom stereocenters. The van der Waals surface area contributed by atoms with Crippen molar-refractivity contribution in [1.82, 2.24) is 10.2 Å². The Morgan fingerprint density at radius 2 is 2.38 bits per heavy atom. The van der Waals surface area contributed by atoms with Gasteiger partial charge in [-0.15, -0.1) is 0 Å². The van der Waals surface area contributed by atoms with Gasteiger partial charge in [0.1, 0.15) is 0 Å². The number of nitrogens with zero attached hydrogens (tertiary/aromatic N) is 1. The molecular weight excluding hydrogens is 168 g/mol. The molecule has 0 aromatic heterocycles. The van der Waals surface area contributed by atoms with E-state index in [-0.39, 0.29) is 11.9 Å².